The molecule has 32 heavy (non-hydrogen) atoms. The highest BCUT2D eigenvalue weighted by atomic mass is 32.2. The van der Waals surface area contributed by atoms with Gasteiger partial charge in [-0.2, -0.15) is 0 Å². The van der Waals surface area contributed by atoms with Crippen molar-refractivity contribution in [3.63, 3.8) is 0 Å². The van der Waals surface area contributed by atoms with E-state index in [1.807, 2.05) is 42.5 Å². The number of aromatic nitrogens is 1. The zero-order valence-corrected chi connectivity index (χ0v) is 20.3. The van der Waals surface area contributed by atoms with Gasteiger partial charge in [0, 0.05) is 28.4 Å². The molecule has 3 heterocycles. The third kappa shape index (κ3) is 4.41. The number of amides is 1. The summed E-state index contributed by atoms with van der Waals surface area (Å²) in [7, 11) is 3.79. The summed E-state index contributed by atoms with van der Waals surface area (Å²) in [5, 5.41) is 5.11. The van der Waals surface area contributed by atoms with Crippen LogP contribution in [0.3, 0.4) is 0 Å². The molecule has 2 aromatic carbocycles. The summed E-state index contributed by atoms with van der Waals surface area (Å²) >= 11 is 4.91. The number of anilines is 1. The number of carbonyl (C=O) groups excluding carboxylic acids is 1. The van der Waals surface area contributed by atoms with Crippen LogP contribution in [0.2, 0.25) is 0 Å². The summed E-state index contributed by atoms with van der Waals surface area (Å²) in [5.41, 5.74) is 3.46. The molecule has 5 nitrogen and oxygen atoms in total. The molecule has 1 amide bonds. The Bertz CT molecular complexity index is 1230. The molecule has 1 aliphatic rings. The molecule has 8 heteroatoms. The van der Waals surface area contributed by atoms with E-state index < -0.39 is 0 Å². The zero-order chi connectivity index (χ0) is 22.1. The molecular weight excluding hydrogens is 458 g/mol. The van der Waals surface area contributed by atoms with Gasteiger partial charge in [-0.25, -0.2) is 4.98 Å². The molecular formula is C24H23N3O2S3. The number of para-hydroxylation sites is 1. The van der Waals surface area contributed by atoms with Crippen LogP contribution >= 0.6 is 34.4 Å². The number of rotatable bonds is 6. The lowest BCUT2D eigenvalue weighted by Crippen LogP contribution is -2.25. The lowest BCUT2D eigenvalue weighted by molar-refractivity contribution is -0.113. The van der Waals surface area contributed by atoms with Crippen molar-refractivity contribution in [2.24, 2.45) is 0 Å². The van der Waals surface area contributed by atoms with Crippen LogP contribution in [-0.4, -0.2) is 42.2 Å². The Labute approximate surface area is 199 Å². The van der Waals surface area contributed by atoms with Crippen LogP contribution in [0.15, 0.2) is 53.4 Å². The van der Waals surface area contributed by atoms with E-state index in [4.69, 9.17) is 9.72 Å². The van der Waals surface area contributed by atoms with E-state index in [0.29, 0.717) is 5.75 Å². The van der Waals surface area contributed by atoms with Gasteiger partial charge in [-0.1, -0.05) is 12.1 Å². The Morgan fingerprint density at radius 3 is 2.78 bits per heavy atom. The van der Waals surface area contributed by atoms with E-state index in [1.54, 1.807) is 29.8 Å². The number of thiophene rings is 1. The first-order chi connectivity index (χ1) is 15.6. The van der Waals surface area contributed by atoms with Gasteiger partial charge in [0.1, 0.15) is 15.8 Å². The highest BCUT2D eigenvalue weighted by Crippen LogP contribution is 2.45. The minimum atomic E-state index is 0.000121. The van der Waals surface area contributed by atoms with Crippen molar-refractivity contribution in [1.29, 1.82) is 0 Å². The van der Waals surface area contributed by atoms with Crippen LogP contribution in [0, 0.1) is 0 Å². The summed E-state index contributed by atoms with van der Waals surface area (Å²) in [5.74, 6) is 1.17. The number of methoxy groups -OCH3 is 1. The Balaban J connectivity index is 1.40. The molecule has 5 rings (SSSR count). The Kier molecular flexibility index (Phi) is 6.19. The molecule has 0 aliphatic carbocycles. The van der Waals surface area contributed by atoms with E-state index in [1.165, 1.54) is 26.9 Å². The van der Waals surface area contributed by atoms with E-state index >= 15 is 0 Å². The monoisotopic (exact) mass is 481 g/mol. The predicted octanol–water partition coefficient (Wildman–Crippen LogP) is 5.75. The number of thiazole rings is 1. The number of fused-ring (bicyclic) bond motifs is 2. The smallest absolute Gasteiger partial charge is 0.235 e. The van der Waals surface area contributed by atoms with Gasteiger partial charge < -0.3 is 15.0 Å². The minimum absolute atomic E-state index is 0.000121. The number of nitrogens with zero attached hydrogens (tertiary/aromatic N) is 2. The second-order valence-electron chi connectivity index (χ2n) is 7.69. The van der Waals surface area contributed by atoms with E-state index in [2.05, 4.69) is 23.3 Å². The van der Waals surface area contributed by atoms with Gasteiger partial charge in [0.15, 0.2) is 0 Å². The molecule has 0 radical (unpaired) electrons. The highest BCUT2D eigenvalue weighted by Gasteiger charge is 2.26. The highest BCUT2D eigenvalue weighted by molar-refractivity contribution is 8.00. The van der Waals surface area contributed by atoms with Crippen LogP contribution in [0.5, 0.6) is 5.75 Å². The van der Waals surface area contributed by atoms with Crippen molar-refractivity contribution in [3.8, 4) is 16.3 Å². The predicted molar refractivity (Wildman–Crippen MR) is 135 cm³/mol. The summed E-state index contributed by atoms with van der Waals surface area (Å²) in [4.78, 5) is 22.5. The van der Waals surface area contributed by atoms with Crippen LogP contribution in [0.1, 0.15) is 10.4 Å². The first-order valence-electron chi connectivity index (χ1n) is 10.4. The molecule has 0 saturated heterocycles. The topological polar surface area (TPSA) is 54.5 Å². The SMILES string of the molecule is COc1ccc(SCC(=O)Nc2sc3c(c2-c2nc4ccccc4s2)CCN(C)C3)cc1. The Hall–Kier alpha value is -2.39. The van der Waals surface area contributed by atoms with E-state index in [-0.39, 0.29) is 5.91 Å². The lowest BCUT2D eigenvalue weighted by atomic mass is 10.0. The third-order valence-corrected chi connectivity index (χ3v) is 8.64. The summed E-state index contributed by atoms with van der Waals surface area (Å²) in [6, 6.07) is 16.0. The van der Waals surface area contributed by atoms with Crippen molar-refractivity contribution < 1.29 is 9.53 Å². The number of nitrogens with one attached hydrogen (secondary N) is 1. The maximum atomic E-state index is 12.9. The van der Waals surface area contributed by atoms with Crippen molar-refractivity contribution >= 4 is 55.6 Å². The fourth-order valence-electron chi connectivity index (χ4n) is 3.81. The van der Waals surface area contributed by atoms with Crippen LogP contribution in [0.25, 0.3) is 20.8 Å². The standard InChI is InChI=1S/C24H23N3O2S3/c1-27-12-11-17-20(13-27)32-24(22(17)23-25-18-5-3-4-6-19(18)31-23)26-21(28)14-30-16-9-7-15(29-2)8-10-16/h3-10H,11-14H2,1-2H3,(H,26,28). The summed E-state index contributed by atoms with van der Waals surface area (Å²) < 4.78 is 6.37. The van der Waals surface area contributed by atoms with Gasteiger partial charge in [0.05, 0.1) is 23.1 Å². The number of hydrogen-bond acceptors (Lipinski definition) is 7. The zero-order valence-electron chi connectivity index (χ0n) is 17.9. The van der Waals surface area contributed by atoms with Crippen molar-refractivity contribution in [3.05, 3.63) is 59.0 Å². The van der Waals surface area contributed by atoms with Gasteiger partial charge in [0.2, 0.25) is 5.91 Å². The molecule has 0 spiro atoms. The van der Waals surface area contributed by atoms with E-state index in [9.17, 15) is 4.79 Å². The Morgan fingerprint density at radius 1 is 1.19 bits per heavy atom. The number of carbonyl (C=O) groups is 1. The maximum absolute atomic E-state index is 12.9. The minimum Gasteiger partial charge on any atom is -0.497 e. The van der Waals surface area contributed by atoms with Crippen LogP contribution in [-0.2, 0) is 17.8 Å². The molecule has 0 fully saturated rings. The maximum Gasteiger partial charge on any atom is 0.235 e. The fraction of sp³-hybridized carbons (Fsp3) is 0.250. The first kappa shape index (κ1) is 21.5. The summed E-state index contributed by atoms with van der Waals surface area (Å²) in [6.07, 6.45) is 0.976. The van der Waals surface area contributed by atoms with Gasteiger partial charge in [-0.05, 0) is 55.4 Å². The molecule has 1 aliphatic heterocycles. The summed E-state index contributed by atoms with van der Waals surface area (Å²) in [6.45, 7) is 1.93. The van der Waals surface area contributed by atoms with Crippen molar-refractivity contribution in [2.75, 3.05) is 31.8 Å². The van der Waals surface area contributed by atoms with Gasteiger partial charge in [0.25, 0.3) is 0 Å². The normalized spacial score (nSPS) is 13.8. The average Bonchev–Trinajstić information content (AvgIpc) is 3.38. The van der Waals surface area contributed by atoms with Crippen LogP contribution in [0.4, 0.5) is 5.00 Å². The average molecular weight is 482 g/mol. The molecule has 0 saturated carbocycles. The van der Waals surface area contributed by atoms with E-state index in [0.717, 1.165) is 51.2 Å². The number of ether oxygens (including phenoxy) is 1. The molecule has 164 valence electrons. The number of likely N-dealkylation sites (N-methyl/N-ethyl adjacent to an activating group) is 1. The quantitative estimate of drug-likeness (QED) is 0.355. The number of benzene rings is 2. The second-order valence-corrected chi connectivity index (χ2v) is 10.9. The van der Waals surface area contributed by atoms with Crippen molar-refractivity contribution in [1.82, 2.24) is 9.88 Å². The van der Waals surface area contributed by atoms with Gasteiger partial charge in [-0.3, -0.25) is 4.79 Å². The van der Waals surface area contributed by atoms with Gasteiger partial charge >= 0.3 is 0 Å². The lowest BCUT2D eigenvalue weighted by Gasteiger charge is -2.22. The molecule has 0 atom stereocenters. The Morgan fingerprint density at radius 2 is 2.00 bits per heavy atom. The first-order valence-corrected chi connectivity index (χ1v) is 13.0. The molecule has 4 aromatic rings. The van der Waals surface area contributed by atoms with Crippen LogP contribution < -0.4 is 10.1 Å². The molecule has 0 unspecified atom stereocenters. The number of hydrogen-bond donors (Lipinski definition) is 1. The molecule has 1 N–H and O–H groups in total. The number of thioether (sulfide) groups is 1. The second kappa shape index (κ2) is 9.23. The fourth-order valence-corrected chi connectivity index (χ4v) is 6.96. The molecule has 0 bridgehead atoms. The molecule has 2 aromatic heterocycles. The largest absolute Gasteiger partial charge is 0.497 e. The van der Waals surface area contributed by atoms with Gasteiger partial charge in [-0.15, -0.1) is 34.4 Å². The van der Waals surface area contributed by atoms with Crippen molar-refractivity contribution in [2.45, 2.75) is 17.9 Å². The third-order valence-electron chi connectivity index (χ3n) is 5.44.